The summed E-state index contributed by atoms with van der Waals surface area (Å²) >= 11 is 1.42. The van der Waals surface area contributed by atoms with Gasteiger partial charge in [0.05, 0.1) is 35.4 Å². The fraction of sp³-hybridized carbons (Fsp3) is 0.296. The van der Waals surface area contributed by atoms with Crippen LogP contribution < -0.4 is 19.8 Å². The van der Waals surface area contributed by atoms with Crippen LogP contribution in [0.15, 0.2) is 51.7 Å². The normalized spacial score (nSPS) is 15.2. The largest absolute Gasteiger partial charge is 0.494 e. The second kappa shape index (κ2) is 8.85. The summed E-state index contributed by atoms with van der Waals surface area (Å²) in [5, 5.41) is 0.931. The Kier molecular flexibility index (Phi) is 5.84. The number of hydrogen-bond donors (Lipinski definition) is 0. The van der Waals surface area contributed by atoms with E-state index in [4.69, 9.17) is 13.9 Å². The molecule has 0 fully saturated rings. The van der Waals surface area contributed by atoms with Gasteiger partial charge in [-0.3, -0.25) is 14.5 Å². The van der Waals surface area contributed by atoms with Gasteiger partial charge < -0.3 is 13.9 Å². The van der Waals surface area contributed by atoms with E-state index in [0.29, 0.717) is 34.0 Å². The van der Waals surface area contributed by atoms with Crippen LogP contribution in [-0.2, 0) is 0 Å². The SMILES string of the molecule is CCOc1ccc2c(=O)c3c(oc2c1)C(=O)N(c1nc(C)c(C)s1)C3c1ccc(OC(C)C)cc1. The molecule has 1 atom stereocenters. The maximum Gasteiger partial charge on any atom is 0.297 e. The Labute approximate surface area is 206 Å². The number of nitrogens with zero attached hydrogens (tertiary/aromatic N) is 2. The molecule has 0 radical (unpaired) electrons. The lowest BCUT2D eigenvalue weighted by molar-refractivity contribution is 0.0971. The molecule has 0 N–H and O–H groups in total. The van der Waals surface area contributed by atoms with Crippen LogP contribution >= 0.6 is 11.3 Å². The van der Waals surface area contributed by atoms with E-state index in [1.54, 1.807) is 23.1 Å². The number of hydrogen-bond acceptors (Lipinski definition) is 7. The molecule has 1 unspecified atom stereocenters. The van der Waals surface area contributed by atoms with Gasteiger partial charge in [0.1, 0.15) is 17.1 Å². The van der Waals surface area contributed by atoms with E-state index in [9.17, 15) is 9.59 Å². The van der Waals surface area contributed by atoms with E-state index in [2.05, 4.69) is 4.98 Å². The van der Waals surface area contributed by atoms with Gasteiger partial charge in [-0.25, -0.2) is 4.98 Å². The molecule has 4 aromatic rings. The van der Waals surface area contributed by atoms with Crippen LogP contribution in [0, 0.1) is 13.8 Å². The predicted molar refractivity (Wildman–Crippen MR) is 136 cm³/mol. The Bertz CT molecular complexity index is 1470. The van der Waals surface area contributed by atoms with Gasteiger partial charge in [-0.2, -0.15) is 0 Å². The highest BCUT2D eigenvalue weighted by Crippen LogP contribution is 2.43. The molecule has 8 heteroatoms. The van der Waals surface area contributed by atoms with Crippen molar-refractivity contribution in [3.63, 3.8) is 0 Å². The molecule has 0 saturated heterocycles. The Morgan fingerprint density at radius 1 is 1.09 bits per heavy atom. The fourth-order valence-electron chi connectivity index (χ4n) is 4.28. The van der Waals surface area contributed by atoms with Crippen molar-refractivity contribution in [2.45, 2.75) is 46.8 Å². The number of aryl methyl sites for hydroxylation is 2. The van der Waals surface area contributed by atoms with Gasteiger partial charge in [0.2, 0.25) is 5.76 Å². The second-order valence-corrected chi connectivity index (χ2v) is 9.90. The summed E-state index contributed by atoms with van der Waals surface area (Å²) in [4.78, 5) is 34.7. The Hall–Kier alpha value is -3.65. The maximum atomic E-state index is 13.8. The number of carbonyl (C=O) groups is 1. The number of anilines is 1. The van der Waals surface area contributed by atoms with Gasteiger partial charge in [0.15, 0.2) is 10.6 Å². The summed E-state index contributed by atoms with van der Waals surface area (Å²) in [6.07, 6.45) is 0.0346. The molecule has 180 valence electrons. The molecule has 3 heterocycles. The van der Waals surface area contributed by atoms with Gasteiger partial charge in [-0.1, -0.05) is 12.1 Å². The van der Waals surface area contributed by atoms with Crippen molar-refractivity contribution < 1.29 is 18.7 Å². The lowest BCUT2D eigenvalue weighted by atomic mass is 9.98. The lowest BCUT2D eigenvalue weighted by Gasteiger charge is -2.23. The molecule has 2 aromatic heterocycles. The molecule has 1 amide bonds. The summed E-state index contributed by atoms with van der Waals surface area (Å²) in [5.41, 5.74) is 2.02. The van der Waals surface area contributed by atoms with Crippen LogP contribution in [0.5, 0.6) is 11.5 Å². The number of carbonyl (C=O) groups excluding carboxylic acids is 1. The Balaban J connectivity index is 1.71. The maximum absolute atomic E-state index is 13.8. The van der Waals surface area contributed by atoms with Crippen molar-refractivity contribution in [3.05, 3.63) is 80.1 Å². The topological polar surface area (TPSA) is 81.9 Å². The molecule has 0 spiro atoms. The molecule has 2 aromatic carbocycles. The molecule has 0 saturated carbocycles. The molecule has 0 aliphatic carbocycles. The Morgan fingerprint density at radius 3 is 2.43 bits per heavy atom. The van der Waals surface area contributed by atoms with E-state index in [1.165, 1.54) is 11.3 Å². The quantitative estimate of drug-likeness (QED) is 0.340. The zero-order valence-electron chi connectivity index (χ0n) is 20.2. The molecule has 1 aliphatic heterocycles. The number of benzene rings is 2. The first kappa shape index (κ1) is 23.1. The zero-order valence-corrected chi connectivity index (χ0v) is 21.1. The van der Waals surface area contributed by atoms with Gasteiger partial charge in [-0.05, 0) is 64.4 Å². The minimum absolute atomic E-state index is 0.0346. The van der Waals surface area contributed by atoms with E-state index in [0.717, 1.165) is 21.9 Å². The average Bonchev–Trinajstić information content (AvgIpc) is 3.30. The lowest BCUT2D eigenvalue weighted by Crippen LogP contribution is -2.29. The number of ether oxygens (including phenoxy) is 2. The van der Waals surface area contributed by atoms with Crippen LogP contribution in [0.3, 0.4) is 0 Å². The van der Waals surface area contributed by atoms with Crippen molar-refractivity contribution in [1.29, 1.82) is 0 Å². The smallest absolute Gasteiger partial charge is 0.297 e. The first-order valence-electron chi connectivity index (χ1n) is 11.6. The average molecular weight is 491 g/mol. The van der Waals surface area contributed by atoms with Crippen LogP contribution in [0.4, 0.5) is 5.13 Å². The molecular formula is C27H26N2O5S. The van der Waals surface area contributed by atoms with Gasteiger partial charge in [0.25, 0.3) is 5.91 Å². The minimum Gasteiger partial charge on any atom is -0.494 e. The summed E-state index contributed by atoms with van der Waals surface area (Å²) < 4.78 is 17.4. The highest BCUT2D eigenvalue weighted by atomic mass is 32.1. The molecule has 7 nitrogen and oxygen atoms in total. The minimum atomic E-state index is -0.664. The van der Waals surface area contributed by atoms with Gasteiger partial charge in [0, 0.05) is 10.9 Å². The predicted octanol–water partition coefficient (Wildman–Crippen LogP) is 5.80. The highest BCUT2D eigenvalue weighted by molar-refractivity contribution is 7.15. The molecule has 5 rings (SSSR count). The first-order valence-corrected chi connectivity index (χ1v) is 12.4. The third-order valence-corrected chi connectivity index (χ3v) is 7.02. The fourth-order valence-corrected chi connectivity index (χ4v) is 5.22. The number of rotatable bonds is 6. The van der Waals surface area contributed by atoms with Crippen molar-refractivity contribution >= 4 is 33.3 Å². The van der Waals surface area contributed by atoms with E-state index >= 15 is 0 Å². The molecule has 35 heavy (non-hydrogen) atoms. The molecular weight excluding hydrogens is 464 g/mol. The van der Waals surface area contributed by atoms with Crippen molar-refractivity contribution in [2.24, 2.45) is 0 Å². The summed E-state index contributed by atoms with van der Waals surface area (Å²) in [7, 11) is 0. The summed E-state index contributed by atoms with van der Waals surface area (Å²) in [6, 6.07) is 11.9. The molecule has 1 aliphatic rings. The first-order chi connectivity index (χ1) is 16.8. The highest BCUT2D eigenvalue weighted by Gasteiger charge is 2.45. The van der Waals surface area contributed by atoms with Crippen LogP contribution in [0.1, 0.15) is 59.1 Å². The van der Waals surface area contributed by atoms with Gasteiger partial charge >= 0.3 is 0 Å². The third kappa shape index (κ3) is 3.97. The van der Waals surface area contributed by atoms with Crippen molar-refractivity contribution in [2.75, 3.05) is 11.5 Å². The summed E-state index contributed by atoms with van der Waals surface area (Å²) in [5.74, 6) is 0.944. The van der Waals surface area contributed by atoms with E-state index in [1.807, 2.05) is 58.9 Å². The number of amides is 1. The van der Waals surface area contributed by atoms with Crippen molar-refractivity contribution in [3.8, 4) is 11.5 Å². The van der Waals surface area contributed by atoms with Crippen LogP contribution in [0.25, 0.3) is 11.0 Å². The second-order valence-electron chi connectivity index (χ2n) is 8.72. The van der Waals surface area contributed by atoms with Crippen LogP contribution in [0.2, 0.25) is 0 Å². The van der Waals surface area contributed by atoms with E-state index < -0.39 is 6.04 Å². The van der Waals surface area contributed by atoms with Crippen LogP contribution in [-0.4, -0.2) is 23.6 Å². The van der Waals surface area contributed by atoms with Crippen molar-refractivity contribution in [1.82, 2.24) is 4.98 Å². The monoisotopic (exact) mass is 490 g/mol. The Morgan fingerprint density at radius 2 is 1.80 bits per heavy atom. The standard InChI is InChI=1S/C27H26N2O5S/c1-6-32-19-11-12-20-21(13-19)34-25-22(24(20)30)23(17-7-9-18(10-8-17)33-14(2)3)29(26(25)31)27-28-15(4)16(5)35-27/h7-14,23H,6H2,1-5H3. The van der Waals surface area contributed by atoms with E-state index in [-0.39, 0.29) is 23.2 Å². The molecule has 0 bridgehead atoms. The number of fused-ring (bicyclic) bond motifs is 2. The third-order valence-electron chi connectivity index (χ3n) is 5.95. The number of aromatic nitrogens is 1. The zero-order chi connectivity index (χ0) is 24.9. The number of thiazole rings is 1. The van der Waals surface area contributed by atoms with Gasteiger partial charge in [-0.15, -0.1) is 11.3 Å². The summed E-state index contributed by atoms with van der Waals surface area (Å²) in [6.45, 7) is 10.1.